The van der Waals surface area contributed by atoms with Gasteiger partial charge < -0.3 is 10.1 Å². The Bertz CT molecular complexity index is 394. The van der Waals surface area contributed by atoms with Crippen molar-refractivity contribution in [1.29, 1.82) is 0 Å². The molecule has 2 unspecified atom stereocenters. The van der Waals surface area contributed by atoms with Crippen LogP contribution in [0.4, 0.5) is 0 Å². The molecule has 86 valence electrons. The van der Waals surface area contributed by atoms with E-state index in [0.29, 0.717) is 11.8 Å². The van der Waals surface area contributed by atoms with E-state index in [1.54, 1.807) is 6.08 Å². The molecule has 1 heterocycles. The van der Waals surface area contributed by atoms with Gasteiger partial charge in [-0.3, -0.25) is 4.79 Å². The quantitative estimate of drug-likeness (QED) is 0.727. The molecule has 1 N–H and O–H groups in total. The van der Waals surface area contributed by atoms with Crippen molar-refractivity contribution < 1.29 is 9.53 Å². The number of carbonyl (C=O) groups is 1. The molecule has 1 aliphatic carbocycles. The molecule has 0 fully saturated rings. The monoisotopic (exact) mass is 220 g/mol. The number of ketones is 1. The summed E-state index contributed by atoms with van der Waals surface area (Å²) in [5, 5.41) is 3.34. The smallest absolute Gasteiger partial charge is 0.205 e. The maximum Gasteiger partial charge on any atom is 0.205 e. The molecular formula is C12H16N2O2. The minimum Gasteiger partial charge on any atom is -0.465 e. The van der Waals surface area contributed by atoms with Crippen molar-refractivity contribution in [3.63, 3.8) is 0 Å². The third kappa shape index (κ3) is 2.22. The lowest BCUT2D eigenvalue weighted by Crippen LogP contribution is -2.40. The number of nitrogens with one attached hydrogen (secondary N) is 1. The van der Waals surface area contributed by atoms with Crippen LogP contribution in [0.1, 0.15) is 20.8 Å². The molecule has 0 radical (unpaired) electrons. The number of aliphatic imine (C=N–C) groups is 1. The molecule has 0 bridgehead atoms. The van der Waals surface area contributed by atoms with Gasteiger partial charge in [-0.15, -0.1) is 0 Å². The van der Waals surface area contributed by atoms with Gasteiger partial charge in [0.05, 0.1) is 6.04 Å². The first kappa shape index (κ1) is 11.1. The summed E-state index contributed by atoms with van der Waals surface area (Å²) < 4.78 is 5.62. The second kappa shape index (κ2) is 4.22. The molecule has 4 nitrogen and oxygen atoms in total. The highest BCUT2D eigenvalue weighted by atomic mass is 16.5. The fourth-order valence-corrected chi connectivity index (χ4v) is 1.81. The highest BCUT2D eigenvalue weighted by molar-refractivity contribution is 6.19. The Kier molecular flexibility index (Phi) is 2.92. The van der Waals surface area contributed by atoms with Crippen LogP contribution in [-0.2, 0) is 9.53 Å². The normalized spacial score (nSPS) is 25.0. The first-order valence-electron chi connectivity index (χ1n) is 5.51. The van der Waals surface area contributed by atoms with Gasteiger partial charge in [-0.25, -0.2) is 4.99 Å². The van der Waals surface area contributed by atoms with Gasteiger partial charge in [-0.1, -0.05) is 13.8 Å². The Labute approximate surface area is 95.1 Å². The lowest BCUT2D eigenvalue weighted by atomic mass is 10.1. The van der Waals surface area contributed by atoms with Crippen molar-refractivity contribution in [3.05, 3.63) is 24.0 Å². The molecule has 2 atom stereocenters. The summed E-state index contributed by atoms with van der Waals surface area (Å²) in [6.45, 7) is 6.18. The van der Waals surface area contributed by atoms with E-state index in [4.69, 9.17) is 4.74 Å². The highest BCUT2D eigenvalue weighted by Crippen LogP contribution is 2.22. The first-order valence-corrected chi connectivity index (χ1v) is 5.51. The summed E-state index contributed by atoms with van der Waals surface area (Å²) in [7, 11) is 0. The van der Waals surface area contributed by atoms with Crippen molar-refractivity contribution >= 4 is 11.5 Å². The first-order chi connectivity index (χ1) is 7.56. The van der Waals surface area contributed by atoms with Crippen LogP contribution in [0, 0.1) is 0 Å². The van der Waals surface area contributed by atoms with Crippen LogP contribution in [-0.4, -0.2) is 29.8 Å². The zero-order valence-electron chi connectivity index (χ0n) is 9.73. The molecule has 4 heteroatoms. The van der Waals surface area contributed by atoms with E-state index < -0.39 is 0 Å². The molecule has 0 aromatic carbocycles. The van der Waals surface area contributed by atoms with E-state index in [-0.39, 0.29) is 18.1 Å². The van der Waals surface area contributed by atoms with Gasteiger partial charge in [0.25, 0.3) is 0 Å². The van der Waals surface area contributed by atoms with Crippen LogP contribution < -0.4 is 5.32 Å². The Morgan fingerprint density at radius 3 is 2.81 bits per heavy atom. The van der Waals surface area contributed by atoms with Crippen LogP contribution in [0.25, 0.3) is 0 Å². The van der Waals surface area contributed by atoms with Gasteiger partial charge >= 0.3 is 0 Å². The third-order valence-electron chi connectivity index (χ3n) is 2.47. The van der Waals surface area contributed by atoms with Crippen molar-refractivity contribution in [2.75, 3.05) is 0 Å². The number of allylic oxidation sites excluding steroid dienone is 3. The molecule has 2 rings (SSSR count). The fourth-order valence-electron chi connectivity index (χ4n) is 1.81. The molecule has 2 aliphatic rings. The van der Waals surface area contributed by atoms with E-state index in [1.165, 1.54) is 12.2 Å². The maximum absolute atomic E-state index is 11.1. The molecule has 0 aromatic rings. The second-order valence-corrected chi connectivity index (χ2v) is 4.38. The second-order valence-electron chi connectivity index (χ2n) is 4.38. The zero-order valence-corrected chi connectivity index (χ0v) is 9.73. The summed E-state index contributed by atoms with van der Waals surface area (Å²) in [5.41, 5.74) is 0.766. The van der Waals surface area contributed by atoms with Crippen molar-refractivity contribution in [2.24, 2.45) is 4.99 Å². The summed E-state index contributed by atoms with van der Waals surface area (Å²) in [6, 6.07) is 0.509. The standard InChI is InChI=1S/C12H16N2O2/c1-7(2)13-8(3)12-14-10-5-4-9(15)6-11(10)16-12/h4-8,12-13H,1-3H3. The van der Waals surface area contributed by atoms with Gasteiger partial charge in [0.2, 0.25) is 6.23 Å². The molecule has 0 aromatic heterocycles. The number of hydrogen-bond donors (Lipinski definition) is 1. The van der Waals surface area contributed by atoms with Crippen molar-refractivity contribution in [1.82, 2.24) is 5.32 Å². The van der Waals surface area contributed by atoms with E-state index in [2.05, 4.69) is 24.2 Å². The maximum atomic E-state index is 11.1. The molecule has 0 saturated heterocycles. The van der Waals surface area contributed by atoms with Crippen LogP contribution in [0.3, 0.4) is 0 Å². The van der Waals surface area contributed by atoms with Crippen molar-refractivity contribution in [2.45, 2.75) is 39.1 Å². The van der Waals surface area contributed by atoms with Crippen LogP contribution in [0.5, 0.6) is 0 Å². The Hall–Kier alpha value is -1.42. The van der Waals surface area contributed by atoms with E-state index in [1.807, 2.05) is 6.92 Å². The topological polar surface area (TPSA) is 50.7 Å². The van der Waals surface area contributed by atoms with Crippen LogP contribution >= 0.6 is 0 Å². The number of ether oxygens (including phenoxy) is 1. The Balaban J connectivity index is 2.08. The largest absolute Gasteiger partial charge is 0.465 e. The minimum absolute atomic E-state index is 0.0425. The average Bonchev–Trinajstić information content (AvgIpc) is 2.59. The average molecular weight is 220 g/mol. The lowest BCUT2D eigenvalue weighted by Gasteiger charge is -2.20. The summed E-state index contributed by atoms with van der Waals surface area (Å²) >= 11 is 0. The number of carbonyl (C=O) groups excluding carboxylic acids is 1. The molecule has 1 aliphatic heterocycles. The van der Waals surface area contributed by atoms with Gasteiger partial charge in [0, 0.05) is 12.1 Å². The summed E-state index contributed by atoms with van der Waals surface area (Å²) in [4.78, 5) is 15.6. The molecule has 0 amide bonds. The number of rotatable bonds is 3. The van der Waals surface area contributed by atoms with Gasteiger partial charge in [0.1, 0.15) is 5.71 Å². The highest BCUT2D eigenvalue weighted by Gasteiger charge is 2.29. The Morgan fingerprint density at radius 2 is 2.12 bits per heavy atom. The fraction of sp³-hybridized carbons (Fsp3) is 0.500. The van der Waals surface area contributed by atoms with E-state index in [9.17, 15) is 4.79 Å². The van der Waals surface area contributed by atoms with Crippen LogP contribution in [0.15, 0.2) is 29.0 Å². The minimum atomic E-state index is -0.237. The third-order valence-corrected chi connectivity index (χ3v) is 2.47. The number of fused-ring (bicyclic) bond motifs is 1. The molecular weight excluding hydrogens is 204 g/mol. The summed E-state index contributed by atoms with van der Waals surface area (Å²) in [6.07, 6.45) is 4.47. The van der Waals surface area contributed by atoms with E-state index >= 15 is 0 Å². The van der Waals surface area contributed by atoms with Gasteiger partial charge in [-0.05, 0) is 19.1 Å². The Morgan fingerprint density at radius 1 is 1.38 bits per heavy atom. The SMILES string of the molecule is CC(C)NC(C)C1N=C2C=CC(=O)C=C2O1. The predicted molar refractivity (Wildman–Crippen MR) is 62.3 cm³/mol. The molecule has 16 heavy (non-hydrogen) atoms. The van der Waals surface area contributed by atoms with Crippen molar-refractivity contribution in [3.8, 4) is 0 Å². The van der Waals surface area contributed by atoms with Gasteiger partial charge in [-0.2, -0.15) is 0 Å². The zero-order chi connectivity index (χ0) is 11.7. The van der Waals surface area contributed by atoms with Gasteiger partial charge in [0.15, 0.2) is 11.5 Å². The van der Waals surface area contributed by atoms with E-state index in [0.717, 1.165) is 5.71 Å². The number of hydrogen-bond acceptors (Lipinski definition) is 4. The summed E-state index contributed by atoms with van der Waals surface area (Å²) in [5.74, 6) is 0.550. The molecule has 0 spiro atoms. The predicted octanol–water partition coefficient (Wildman–Crippen LogP) is 1.19. The lowest BCUT2D eigenvalue weighted by molar-refractivity contribution is -0.110. The number of nitrogens with zero attached hydrogens (tertiary/aromatic N) is 1. The van der Waals surface area contributed by atoms with Crippen LogP contribution in [0.2, 0.25) is 0 Å². The molecule has 0 saturated carbocycles.